The summed E-state index contributed by atoms with van der Waals surface area (Å²) in [6.45, 7) is 3.35. The molecule has 0 aliphatic heterocycles. The fourth-order valence-electron chi connectivity index (χ4n) is 0.955. The maximum Gasteiger partial charge on any atom is 0.119 e. The lowest BCUT2D eigenvalue weighted by Gasteiger charge is -2.05. The summed E-state index contributed by atoms with van der Waals surface area (Å²) in [7, 11) is 0. The molecule has 0 aliphatic carbocycles. The van der Waals surface area contributed by atoms with E-state index in [-0.39, 0.29) is 0 Å². The summed E-state index contributed by atoms with van der Waals surface area (Å²) >= 11 is 3.30. The quantitative estimate of drug-likeness (QED) is 0.742. The summed E-state index contributed by atoms with van der Waals surface area (Å²) in [5, 5.41) is 0.847. The standard InChI is InChI=1S/C10H13BrO2/c1-2-12-9-3-5-10(6-4-9)13-8-7-11/h3-6H,2,7-8H2,1H3. The van der Waals surface area contributed by atoms with Crippen LogP contribution in [0.25, 0.3) is 0 Å². The molecule has 0 radical (unpaired) electrons. The van der Waals surface area contributed by atoms with Gasteiger partial charge in [-0.25, -0.2) is 0 Å². The van der Waals surface area contributed by atoms with Gasteiger partial charge in [-0.15, -0.1) is 0 Å². The Hall–Kier alpha value is -0.700. The molecule has 0 saturated carbocycles. The first kappa shape index (κ1) is 10.4. The predicted molar refractivity (Wildman–Crippen MR) is 56.9 cm³/mol. The van der Waals surface area contributed by atoms with Crippen LogP contribution in [0.15, 0.2) is 24.3 Å². The summed E-state index contributed by atoms with van der Waals surface area (Å²) in [4.78, 5) is 0. The zero-order valence-corrected chi connectivity index (χ0v) is 9.21. The normalized spacial score (nSPS) is 9.69. The lowest BCUT2D eigenvalue weighted by Crippen LogP contribution is -1.97. The molecule has 0 atom stereocenters. The molecular formula is C10H13BrO2. The van der Waals surface area contributed by atoms with Gasteiger partial charge in [-0.2, -0.15) is 0 Å². The molecule has 0 saturated heterocycles. The van der Waals surface area contributed by atoms with Gasteiger partial charge in [-0.05, 0) is 31.2 Å². The Morgan fingerprint density at radius 3 is 2.08 bits per heavy atom. The first-order chi connectivity index (χ1) is 6.36. The van der Waals surface area contributed by atoms with E-state index in [9.17, 15) is 0 Å². The molecule has 2 nitrogen and oxygen atoms in total. The number of rotatable bonds is 5. The first-order valence-corrected chi connectivity index (χ1v) is 5.40. The summed E-state index contributed by atoms with van der Waals surface area (Å²) in [5.74, 6) is 1.76. The van der Waals surface area contributed by atoms with Crippen molar-refractivity contribution in [3.63, 3.8) is 0 Å². The van der Waals surface area contributed by atoms with Crippen molar-refractivity contribution < 1.29 is 9.47 Å². The molecule has 1 aromatic carbocycles. The van der Waals surface area contributed by atoms with E-state index >= 15 is 0 Å². The molecule has 0 amide bonds. The van der Waals surface area contributed by atoms with Crippen LogP contribution >= 0.6 is 15.9 Å². The van der Waals surface area contributed by atoms with Crippen LogP contribution in [0, 0.1) is 0 Å². The highest BCUT2D eigenvalue weighted by Crippen LogP contribution is 2.17. The average Bonchev–Trinajstić information content (AvgIpc) is 2.17. The molecular weight excluding hydrogens is 232 g/mol. The predicted octanol–water partition coefficient (Wildman–Crippen LogP) is 2.86. The van der Waals surface area contributed by atoms with E-state index in [4.69, 9.17) is 9.47 Å². The van der Waals surface area contributed by atoms with Crippen LogP contribution in [-0.4, -0.2) is 18.5 Å². The zero-order valence-electron chi connectivity index (χ0n) is 7.63. The summed E-state index contributed by atoms with van der Waals surface area (Å²) in [5.41, 5.74) is 0. The van der Waals surface area contributed by atoms with E-state index in [1.165, 1.54) is 0 Å². The fraction of sp³-hybridized carbons (Fsp3) is 0.400. The second-order valence-corrected chi connectivity index (χ2v) is 3.23. The van der Waals surface area contributed by atoms with E-state index in [0.29, 0.717) is 13.2 Å². The van der Waals surface area contributed by atoms with Gasteiger partial charge in [0, 0.05) is 5.33 Å². The third-order valence-corrected chi connectivity index (χ3v) is 1.80. The second kappa shape index (κ2) is 5.86. The first-order valence-electron chi connectivity index (χ1n) is 4.28. The second-order valence-electron chi connectivity index (χ2n) is 2.44. The van der Waals surface area contributed by atoms with E-state index in [0.717, 1.165) is 16.8 Å². The Kier molecular flexibility index (Phi) is 4.68. The Morgan fingerprint density at radius 1 is 1.08 bits per heavy atom. The Labute approximate surface area is 87.0 Å². The van der Waals surface area contributed by atoms with Gasteiger partial charge in [0.1, 0.15) is 11.5 Å². The third-order valence-electron chi connectivity index (χ3n) is 1.48. The van der Waals surface area contributed by atoms with Gasteiger partial charge in [-0.1, -0.05) is 15.9 Å². The van der Waals surface area contributed by atoms with Crippen molar-refractivity contribution in [2.45, 2.75) is 6.92 Å². The van der Waals surface area contributed by atoms with E-state index in [1.54, 1.807) is 0 Å². The molecule has 0 fully saturated rings. The van der Waals surface area contributed by atoms with Gasteiger partial charge in [0.15, 0.2) is 0 Å². The lowest BCUT2D eigenvalue weighted by molar-refractivity contribution is 0.332. The summed E-state index contributed by atoms with van der Waals surface area (Å²) in [6.07, 6.45) is 0. The fourth-order valence-corrected chi connectivity index (χ4v) is 1.12. The van der Waals surface area contributed by atoms with E-state index in [1.807, 2.05) is 31.2 Å². The number of hydrogen-bond donors (Lipinski definition) is 0. The molecule has 0 aromatic heterocycles. The van der Waals surface area contributed by atoms with Crippen molar-refractivity contribution in [3.8, 4) is 11.5 Å². The maximum atomic E-state index is 5.39. The van der Waals surface area contributed by atoms with E-state index < -0.39 is 0 Å². The average molecular weight is 245 g/mol. The van der Waals surface area contributed by atoms with Crippen molar-refractivity contribution >= 4 is 15.9 Å². The van der Waals surface area contributed by atoms with Gasteiger partial charge < -0.3 is 9.47 Å². The molecule has 1 aromatic rings. The molecule has 0 N–H and O–H groups in total. The highest BCUT2D eigenvalue weighted by atomic mass is 79.9. The van der Waals surface area contributed by atoms with Crippen LogP contribution in [0.1, 0.15) is 6.92 Å². The monoisotopic (exact) mass is 244 g/mol. The molecule has 0 heterocycles. The van der Waals surface area contributed by atoms with Crippen molar-refractivity contribution in [2.24, 2.45) is 0 Å². The molecule has 1 rings (SSSR count). The van der Waals surface area contributed by atoms with Crippen LogP contribution in [0.3, 0.4) is 0 Å². The summed E-state index contributed by atoms with van der Waals surface area (Å²) in [6, 6.07) is 7.64. The molecule has 0 spiro atoms. The number of hydrogen-bond acceptors (Lipinski definition) is 2. The van der Waals surface area contributed by atoms with Gasteiger partial charge >= 0.3 is 0 Å². The smallest absolute Gasteiger partial charge is 0.119 e. The lowest BCUT2D eigenvalue weighted by atomic mass is 10.3. The van der Waals surface area contributed by atoms with Gasteiger partial charge in [0.2, 0.25) is 0 Å². The van der Waals surface area contributed by atoms with Gasteiger partial charge in [0.05, 0.1) is 13.2 Å². The van der Waals surface area contributed by atoms with Crippen LogP contribution < -0.4 is 9.47 Å². The van der Waals surface area contributed by atoms with Crippen LogP contribution in [-0.2, 0) is 0 Å². The van der Waals surface area contributed by atoms with Gasteiger partial charge in [0.25, 0.3) is 0 Å². The van der Waals surface area contributed by atoms with E-state index in [2.05, 4.69) is 15.9 Å². The number of alkyl halides is 1. The molecule has 0 bridgehead atoms. The molecule has 3 heteroatoms. The minimum Gasteiger partial charge on any atom is -0.494 e. The number of ether oxygens (including phenoxy) is 2. The highest BCUT2D eigenvalue weighted by Gasteiger charge is 1.94. The minimum absolute atomic E-state index is 0.688. The molecule has 13 heavy (non-hydrogen) atoms. The number of halogens is 1. The van der Waals surface area contributed by atoms with Crippen molar-refractivity contribution in [1.82, 2.24) is 0 Å². The molecule has 0 aliphatic rings. The highest BCUT2D eigenvalue weighted by molar-refractivity contribution is 9.09. The third kappa shape index (κ3) is 3.68. The van der Waals surface area contributed by atoms with Crippen molar-refractivity contribution in [3.05, 3.63) is 24.3 Å². The van der Waals surface area contributed by atoms with Crippen LogP contribution in [0.4, 0.5) is 0 Å². The number of benzene rings is 1. The van der Waals surface area contributed by atoms with Gasteiger partial charge in [-0.3, -0.25) is 0 Å². The van der Waals surface area contributed by atoms with Crippen LogP contribution in [0.2, 0.25) is 0 Å². The van der Waals surface area contributed by atoms with Crippen molar-refractivity contribution in [2.75, 3.05) is 18.5 Å². The van der Waals surface area contributed by atoms with Crippen molar-refractivity contribution in [1.29, 1.82) is 0 Å². The minimum atomic E-state index is 0.688. The molecule has 72 valence electrons. The topological polar surface area (TPSA) is 18.5 Å². The largest absolute Gasteiger partial charge is 0.494 e. The maximum absolute atomic E-state index is 5.39. The van der Waals surface area contributed by atoms with Crippen LogP contribution in [0.5, 0.6) is 11.5 Å². The summed E-state index contributed by atoms with van der Waals surface area (Å²) < 4.78 is 10.7. The Balaban J connectivity index is 2.48. The Morgan fingerprint density at radius 2 is 1.62 bits per heavy atom. The molecule has 0 unspecified atom stereocenters. The zero-order chi connectivity index (χ0) is 9.52. The Bertz CT molecular complexity index is 233. The SMILES string of the molecule is CCOc1ccc(OCCBr)cc1.